The van der Waals surface area contributed by atoms with Crippen LogP contribution < -0.4 is 10.0 Å². The molecule has 2 N–H and O–H groups in total. The molecule has 0 radical (unpaired) electrons. The number of nitrogens with zero attached hydrogens (tertiary/aromatic N) is 3. The fraction of sp³-hybridized carbons (Fsp3) is 0.462. The first-order chi connectivity index (χ1) is 10.1. The van der Waals surface area contributed by atoms with Crippen LogP contribution in [-0.4, -0.2) is 36.4 Å². The van der Waals surface area contributed by atoms with Crippen LogP contribution in [0.5, 0.6) is 0 Å². The number of rotatable bonds is 8. The summed E-state index contributed by atoms with van der Waals surface area (Å²) in [7, 11) is -1.65. The highest BCUT2D eigenvalue weighted by molar-refractivity contribution is 7.89. The van der Waals surface area contributed by atoms with Crippen LogP contribution in [0.2, 0.25) is 0 Å². The molecule has 7 nitrogen and oxygen atoms in total. The van der Waals surface area contributed by atoms with Crippen LogP contribution in [0.3, 0.4) is 0 Å². The van der Waals surface area contributed by atoms with E-state index in [0.29, 0.717) is 24.5 Å². The molecule has 8 heteroatoms. The molecule has 2 aromatic rings. The van der Waals surface area contributed by atoms with E-state index in [4.69, 9.17) is 0 Å². The normalized spacial score (nSPS) is 11.9. The molecule has 21 heavy (non-hydrogen) atoms. The monoisotopic (exact) mass is 311 g/mol. The molecule has 0 aromatic carbocycles. The van der Waals surface area contributed by atoms with E-state index in [0.717, 1.165) is 12.2 Å². The summed E-state index contributed by atoms with van der Waals surface area (Å²) in [4.78, 5) is 0.301. The van der Waals surface area contributed by atoms with Crippen molar-refractivity contribution in [2.24, 2.45) is 0 Å². The Labute approximate surface area is 125 Å². The SMILES string of the molecule is CCn1cc(S(=O)(=O)NCCn2cccn2)cc1CNC. The average Bonchev–Trinajstić information content (AvgIpc) is 3.08. The van der Waals surface area contributed by atoms with Gasteiger partial charge < -0.3 is 9.88 Å². The summed E-state index contributed by atoms with van der Waals surface area (Å²) in [6.07, 6.45) is 5.13. The first-order valence-electron chi connectivity index (χ1n) is 6.87. The fourth-order valence-electron chi connectivity index (χ4n) is 2.11. The minimum Gasteiger partial charge on any atom is -0.349 e. The topological polar surface area (TPSA) is 81.0 Å². The van der Waals surface area contributed by atoms with Crippen molar-refractivity contribution in [3.63, 3.8) is 0 Å². The summed E-state index contributed by atoms with van der Waals surface area (Å²) < 4.78 is 30.8. The van der Waals surface area contributed by atoms with Crippen molar-refractivity contribution in [3.8, 4) is 0 Å². The highest BCUT2D eigenvalue weighted by Crippen LogP contribution is 2.14. The van der Waals surface area contributed by atoms with Crippen LogP contribution in [0.15, 0.2) is 35.6 Å². The van der Waals surface area contributed by atoms with Crippen molar-refractivity contribution in [1.29, 1.82) is 0 Å². The van der Waals surface area contributed by atoms with Gasteiger partial charge in [-0.25, -0.2) is 13.1 Å². The fourth-order valence-corrected chi connectivity index (χ4v) is 3.19. The molecule has 0 saturated heterocycles. The van der Waals surface area contributed by atoms with Crippen LogP contribution >= 0.6 is 0 Å². The van der Waals surface area contributed by atoms with Crippen molar-refractivity contribution < 1.29 is 8.42 Å². The third kappa shape index (κ3) is 3.93. The maximum Gasteiger partial charge on any atom is 0.242 e. The molecule has 0 aliphatic heterocycles. The van der Waals surface area contributed by atoms with E-state index in [1.165, 1.54) is 0 Å². The third-order valence-corrected chi connectivity index (χ3v) is 4.59. The molecular weight excluding hydrogens is 290 g/mol. The molecule has 2 heterocycles. The zero-order valence-electron chi connectivity index (χ0n) is 12.3. The second-order valence-electron chi connectivity index (χ2n) is 4.65. The first-order valence-corrected chi connectivity index (χ1v) is 8.36. The number of nitrogens with one attached hydrogen (secondary N) is 2. The van der Waals surface area contributed by atoms with Crippen molar-refractivity contribution in [2.75, 3.05) is 13.6 Å². The van der Waals surface area contributed by atoms with Gasteiger partial charge in [-0.15, -0.1) is 0 Å². The van der Waals surface area contributed by atoms with E-state index in [-0.39, 0.29) is 0 Å². The molecule has 0 bridgehead atoms. The van der Waals surface area contributed by atoms with Gasteiger partial charge in [0.2, 0.25) is 10.0 Å². The Morgan fingerprint density at radius 1 is 1.38 bits per heavy atom. The summed E-state index contributed by atoms with van der Waals surface area (Å²) in [5.74, 6) is 0. The largest absolute Gasteiger partial charge is 0.349 e. The summed E-state index contributed by atoms with van der Waals surface area (Å²) in [6, 6.07) is 3.51. The van der Waals surface area contributed by atoms with Gasteiger partial charge in [-0.3, -0.25) is 4.68 Å². The van der Waals surface area contributed by atoms with Gasteiger partial charge in [0.1, 0.15) is 0 Å². The van der Waals surface area contributed by atoms with Gasteiger partial charge in [0.05, 0.1) is 11.4 Å². The molecule has 0 saturated carbocycles. The molecule has 0 atom stereocenters. The summed E-state index contributed by atoms with van der Waals surface area (Å²) in [6.45, 7) is 4.17. The Hall–Kier alpha value is -1.64. The lowest BCUT2D eigenvalue weighted by Gasteiger charge is -2.05. The molecule has 0 fully saturated rings. The summed E-state index contributed by atoms with van der Waals surface area (Å²) >= 11 is 0. The zero-order valence-corrected chi connectivity index (χ0v) is 13.1. The number of hydrogen-bond donors (Lipinski definition) is 2. The van der Waals surface area contributed by atoms with Crippen LogP contribution in [0.25, 0.3) is 0 Å². The van der Waals surface area contributed by atoms with Crippen LogP contribution in [0, 0.1) is 0 Å². The van der Waals surface area contributed by atoms with Crippen LogP contribution in [-0.2, 0) is 29.7 Å². The van der Waals surface area contributed by atoms with E-state index < -0.39 is 10.0 Å². The van der Waals surface area contributed by atoms with Gasteiger partial charge in [0.25, 0.3) is 0 Å². The molecule has 0 spiro atoms. The molecule has 0 aliphatic rings. The molecule has 2 rings (SSSR count). The van der Waals surface area contributed by atoms with Crippen molar-refractivity contribution >= 4 is 10.0 Å². The Morgan fingerprint density at radius 3 is 2.81 bits per heavy atom. The van der Waals surface area contributed by atoms with E-state index in [9.17, 15) is 8.42 Å². The summed E-state index contributed by atoms with van der Waals surface area (Å²) in [5.41, 5.74) is 0.951. The van der Waals surface area contributed by atoms with E-state index in [1.807, 2.05) is 18.5 Å². The van der Waals surface area contributed by atoms with Gasteiger partial charge in [0.15, 0.2) is 0 Å². The molecule has 0 amide bonds. The Bertz CT molecular complexity index is 661. The number of aromatic nitrogens is 3. The predicted octanol–water partition coefficient (Wildman–Crippen LogP) is 0.402. The highest BCUT2D eigenvalue weighted by atomic mass is 32.2. The van der Waals surface area contributed by atoms with Crippen LogP contribution in [0.1, 0.15) is 12.6 Å². The van der Waals surface area contributed by atoms with Crippen molar-refractivity contribution in [3.05, 3.63) is 36.4 Å². The number of sulfonamides is 1. The van der Waals surface area contributed by atoms with E-state index in [1.54, 1.807) is 35.4 Å². The minimum absolute atomic E-state index is 0.301. The Kier molecular flexibility index (Phi) is 5.16. The first kappa shape index (κ1) is 15.7. The lowest BCUT2D eigenvalue weighted by atomic mass is 10.4. The minimum atomic E-state index is -3.48. The van der Waals surface area contributed by atoms with Gasteiger partial charge in [-0.1, -0.05) is 0 Å². The average molecular weight is 311 g/mol. The second kappa shape index (κ2) is 6.88. The number of aryl methyl sites for hydroxylation is 1. The Balaban J connectivity index is 2.04. The quantitative estimate of drug-likeness (QED) is 0.739. The molecule has 0 unspecified atom stereocenters. The molecule has 116 valence electrons. The van der Waals surface area contributed by atoms with Gasteiger partial charge in [-0.2, -0.15) is 5.10 Å². The van der Waals surface area contributed by atoms with Crippen molar-refractivity contribution in [2.45, 2.75) is 31.5 Å². The summed E-state index contributed by atoms with van der Waals surface area (Å²) in [5, 5.41) is 7.07. The van der Waals surface area contributed by atoms with Crippen molar-refractivity contribution in [1.82, 2.24) is 24.4 Å². The lowest BCUT2D eigenvalue weighted by Crippen LogP contribution is -2.27. The predicted molar refractivity (Wildman–Crippen MR) is 80.3 cm³/mol. The smallest absolute Gasteiger partial charge is 0.242 e. The maximum absolute atomic E-state index is 12.3. The number of hydrogen-bond acceptors (Lipinski definition) is 4. The zero-order chi connectivity index (χ0) is 15.3. The van der Waals surface area contributed by atoms with Crippen LogP contribution in [0.4, 0.5) is 0 Å². The van der Waals surface area contributed by atoms with Gasteiger partial charge in [-0.05, 0) is 26.1 Å². The van der Waals surface area contributed by atoms with E-state index >= 15 is 0 Å². The third-order valence-electron chi connectivity index (χ3n) is 3.16. The maximum atomic E-state index is 12.3. The standard InChI is InChI=1S/C13H21N5O2S/c1-3-17-11-13(9-12(17)10-14-2)21(19,20)16-6-8-18-7-4-5-15-18/h4-5,7,9,11,14,16H,3,6,8,10H2,1-2H3. The van der Waals surface area contributed by atoms with E-state index in [2.05, 4.69) is 15.1 Å². The van der Waals surface area contributed by atoms with Gasteiger partial charge >= 0.3 is 0 Å². The second-order valence-corrected chi connectivity index (χ2v) is 6.42. The molecule has 0 aliphatic carbocycles. The molecular formula is C13H21N5O2S. The molecule has 2 aromatic heterocycles. The Morgan fingerprint density at radius 2 is 2.19 bits per heavy atom. The lowest BCUT2D eigenvalue weighted by molar-refractivity contribution is 0.560. The van der Waals surface area contributed by atoms with Gasteiger partial charge in [0, 0.05) is 43.9 Å². The highest BCUT2D eigenvalue weighted by Gasteiger charge is 2.17.